The summed E-state index contributed by atoms with van der Waals surface area (Å²) in [6.45, 7) is 0. The highest BCUT2D eigenvalue weighted by Crippen LogP contribution is 2.29. The van der Waals surface area contributed by atoms with Crippen LogP contribution >= 0.6 is 23.8 Å². The van der Waals surface area contributed by atoms with Gasteiger partial charge in [0.1, 0.15) is 11.4 Å². The first-order chi connectivity index (χ1) is 11.0. The molecule has 1 amide bonds. The number of nitrogens with zero attached hydrogens (tertiary/aromatic N) is 2. The van der Waals surface area contributed by atoms with Crippen molar-refractivity contribution < 1.29 is 9.90 Å². The summed E-state index contributed by atoms with van der Waals surface area (Å²) in [6, 6.07) is 14.0. The van der Waals surface area contributed by atoms with Gasteiger partial charge in [-0.15, -0.1) is 0 Å². The van der Waals surface area contributed by atoms with E-state index in [9.17, 15) is 9.90 Å². The Morgan fingerprint density at radius 1 is 1.17 bits per heavy atom. The molecule has 6 heteroatoms. The van der Waals surface area contributed by atoms with Crippen LogP contribution < -0.4 is 4.90 Å². The zero-order valence-corrected chi connectivity index (χ0v) is 13.8. The number of amides is 1. The molecule has 0 unspecified atom stereocenters. The van der Waals surface area contributed by atoms with E-state index in [2.05, 4.69) is 0 Å². The Morgan fingerprint density at radius 3 is 2.52 bits per heavy atom. The molecule has 116 valence electrons. The molecule has 1 aliphatic heterocycles. The highest BCUT2D eigenvalue weighted by molar-refractivity contribution is 7.80. The molecule has 3 rings (SSSR count). The van der Waals surface area contributed by atoms with Gasteiger partial charge in [0.05, 0.1) is 10.7 Å². The Kier molecular flexibility index (Phi) is 4.07. The van der Waals surface area contributed by atoms with Gasteiger partial charge in [-0.05, 0) is 48.1 Å². The first-order valence-corrected chi connectivity index (χ1v) is 7.65. The molecule has 1 saturated heterocycles. The van der Waals surface area contributed by atoms with Crippen molar-refractivity contribution in [3.63, 3.8) is 0 Å². The van der Waals surface area contributed by atoms with Crippen molar-refractivity contribution in [3.05, 3.63) is 64.8 Å². The Hall–Kier alpha value is -2.37. The Balaban J connectivity index is 2.00. The molecule has 0 saturated carbocycles. The van der Waals surface area contributed by atoms with Crippen molar-refractivity contribution in [1.82, 2.24) is 4.90 Å². The fourth-order valence-electron chi connectivity index (χ4n) is 2.33. The number of thiocarbonyl (C=S) groups is 1. The standard InChI is InChI=1S/C17H13ClN2O2S/c1-19-14(10-11-7-8-15(21)13(18)9-11)16(22)20(17(19)23)12-5-3-2-4-6-12/h2-10,21H,1H3/b14-10-. The molecule has 1 heterocycles. The summed E-state index contributed by atoms with van der Waals surface area (Å²) in [5.74, 6) is -0.200. The van der Waals surface area contributed by atoms with Crippen molar-refractivity contribution >= 4 is 46.6 Å². The van der Waals surface area contributed by atoms with E-state index in [0.29, 0.717) is 16.4 Å². The first kappa shape index (κ1) is 15.5. The number of rotatable bonds is 2. The molecule has 0 aliphatic carbocycles. The second-order valence-electron chi connectivity index (χ2n) is 5.06. The molecule has 1 fully saturated rings. The molecule has 2 aromatic carbocycles. The number of carbonyl (C=O) groups is 1. The monoisotopic (exact) mass is 344 g/mol. The fourth-order valence-corrected chi connectivity index (χ4v) is 2.81. The highest BCUT2D eigenvalue weighted by Gasteiger charge is 2.36. The average Bonchev–Trinajstić information content (AvgIpc) is 2.75. The number of carbonyl (C=O) groups excluding carboxylic acids is 1. The lowest BCUT2D eigenvalue weighted by molar-refractivity contribution is -0.114. The zero-order valence-electron chi connectivity index (χ0n) is 12.2. The summed E-state index contributed by atoms with van der Waals surface area (Å²) >= 11 is 11.3. The van der Waals surface area contributed by atoms with Crippen LogP contribution in [0.1, 0.15) is 5.56 Å². The molecular weight excluding hydrogens is 332 g/mol. The van der Waals surface area contributed by atoms with Crippen LogP contribution in [0.2, 0.25) is 5.02 Å². The molecule has 4 nitrogen and oxygen atoms in total. The van der Waals surface area contributed by atoms with Crippen LogP contribution in [-0.2, 0) is 4.79 Å². The number of benzene rings is 2. The number of likely N-dealkylation sites (N-methyl/N-ethyl adjacent to an activating group) is 1. The maximum atomic E-state index is 12.7. The molecule has 1 aliphatic rings. The molecule has 0 radical (unpaired) electrons. The number of para-hydroxylation sites is 1. The minimum Gasteiger partial charge on any atom is -0.506 e. The van der Waals surface area contributed by atoms with Crippen molar-refractivity contribution in [2.45, 2.75) is 0 Å². The van der Waals surface area contributed by atoms with E-state index in [0.717, 1.165) is 5.69 Å². The number of phenols is 1. The van der Waals surface area contributed by atoms with Gasteiger partial charge in [0, 0.05) is 7.05 Å². The van der Waals surface area contributed by atoms with Gasteiger partial charge < -0.3 is 10.0 Å². The lowest BCUT2D eigenvalue weighted by Crippen LogP contribution is -2.30. The lowest BCUT2D eigenvalue weighted by atomic mass is 10.1. The Morgan fingerprint density at radius 2 is 1.87 bits per heavy atom. The minimum atomic E-state index is -0.201. The molecule has 2 aromatic rings. The van der Waals surface area contributed by atoms with E-state index >= 15 is 0 Å². The summed E-state index contributed by atoms with van der Waals surface area (Å²) < 4.78 is 0. The summed E-state index contributed by atoms with van der Waals surface area (Å²) in [5.41, 5.74) is 1.88. The van der Waals surface area contributed by atoms with Gasteiger partial charge in [0.2, 0.25) is 0 Å². The maximum Gasteiger partial charge on any atom is 0.281 e. The smallest absolute Gasteiger partial charge is 0.281 e. The Bertz CT molecular complexity index is 821. The SMILES string of the molecule is CN1C(=S)N(c2ccccc2)C(=O)/C1=C/c1ccc(O)c(Cl)c1. The van der Waals surface area contributed by atoms with E-state index in [1.54, 1.807) is 30.2 Å². The third-order valence-corrected chi connectivity index (χ3v) is 4.31. The maximum absolute atomic E-state index is 12.7. The number of hydrogen-bond acceptors (Lipinski definition) is 3. The number of aromatic hydroxyl groups is 1. The topological polar surface area (TPSA) is 43.8 Å². The van der Waals surface area contributed by atoms with Gasteiger partial charge in [-0.3, -0.25) is 9.69 Å². The van der Waals surface area contributed by atoms with Crippen LogP contribution in [0.4, 0.5) is 5.69 Å². The molecule has 0 spiro atoms. The third kappa shape index (κ3) is 2.81. The molecule has 0 atom stereocenters. The highest BCUT2D eigenvalue weighted by atomic mass is 35.5. The van der Waals surface area contributed by atoms with Crippen LogP contribution in [0, 0.1) is 0 Å². The zero-order chi connectivity index (χ0) is 16.6. The van der Waals surface area contributed by atoms with Gasteiger partial charge in [-0.25, -0.2) is 0 Å². The normalized spacial score (nSPS) is 16.5. The quantitative estimate of drug-likeness (QED) is 0.667. The van der Waals surface area contributed by atoms with Crippen LogP contribution in [0.5, 0.6) is 5.75 Å². The van der Waals surface area contributed by atoms with Crippen molar-refractivity contribution in [3.8, 4) is 5.75 Å². The minimum absolute atomic E-state index is 0.00125. The van der Waals surface area contributed by atoms with Crippen LogP contribution in [0.15, 0.2) is 54.2 Å². The number of phenolic OH excluding ortho intramolecular Hbond substituents is 1. The largest absolute Gasteiger partial charge is 0.506 e. The predicted molar refractivity (Wildman–Crippen MR) is 95.4 cm³/mol. The molecule has 23 heavy (non-hydrogen) atoms. The van der Waals surface area contributed by atoms with Crippen molar-refractivity contribution in [2.75, 3.05) is 11.9 Å². The average molecular weight is 345 g/mol. The summed E-state index contributed by atoms with van der Waals surface area (Å²) in [7, 11) is 1.75. The van der Waals surface area contributed by atoms with Crippen LogP contribution in [0.25, 0.3) is 6.08 Å². The molecule has 1 N–H and O–H groups in total. The Labute approximate surface area is 144 Å². The molecular formula is C17H13ClN2O2S. The summed E-state index contributed by atoms with van der Waals surface area (Å²) in [6.07, 6.45) is 1.70. The van der Waals surface area contributed by atoms with E-state index < -0.39 is 0 Å². The first-order valence-electron chi connectivity index (χ1n) is 6.86. The van der Waals surface area contributed by atoms with Gasteiger partial charge in [-0.2, -0.15) is 0 Å². The van der Waals surface area contributed by atoms with Crippen LogP contribution in [0.3, 0.4) is 0 Å². The van der Waals surface area contributed by atoms with E-state index in [4.69, 9.17) is 23.8 Å². The fraction of sp³-hybridized carbons (Fsp3) is 0.0588. The van der Waals surface area contributed by atoms with E-state index in [1.807, 2.05) is 30.3 Å². The summed E-state index contributed by atoms with van der Waals surface area (Å²) in [4.78, 5) is 15.9. The number of hydrogen-bond donors (Lipinski definition) is 1. The number of halogens is 1. The second-order valence-corrected chi connectivity index (χ2v) is 5.83. The van der Waals surface area contributed by atoms with Gasteiger partial charge in [0.25, 0.3) is 5.91 Å². The van der Waals surface area contributed by atoms with Gasteiger partial charge in [0.15, 0.2) is 5.11 Å². The lowest BCUT2D eigenvalue weighted by Gasteiger charge is -2.16. The molecule has 0 bridgehead atoms. The predicted octanol–water partition coefficient (Wildman–Crippen LogP) is 3.65. The number of anilines is 1. The van der Waals surface area contributed by atoms with Crippen molar-refractivity contribution in [1.29, 1.82) is 0 Å². The van der Waals surface area contributed by atoms with Crippen molar-refractivity contribution in [2.24, 2.45) is 0 Å². The van der Waals surface area contributed by atoms with Gasteiger partial charge >= 0.3 is 0 Å². The van der Waals surface area contributed by atoms with E-state index in [-0.39, 0.29) is 16.7 Å². The second kappa shape index (κ2) is 6.02. The van der Waals surface area contributed by atoms with Crippen LogP contribution in [-0.4, -0.2) is 28.1 Å². The summed E-state index contributed by atoms with van der Waals surface area (Å²) in [5, 5.41) is 10.1. The van der Waals surface area contributed by atoms with E-state index in [1.165, 1.54) is 11.0 Å². The third-order valence-electron chi connectivity index (χ3n) is 3.55. The molecule has 0 aromatic heterocycles. The van der Waals surface area contributed by atoms with Gasteiger partial charge in [-0.1, -0.05) is 35.9 Å².